The van der Waals surface area contributed by atoms with Crippen molar-refractivity contribution in [3.63, 3.8) is 0 Å². The van der Waals surface area contributed by atoms with Crippen molar-refractivity contribution in [2.45, 2.75) is 17.9 Å². The maximum atomic E-state index is 13.3. The number of sulfonamides is 1. The second-order valence-electron chi connectivity index (χ2n) is 6.33. The summed E-state index contributed by atoms with van der Waals surface area (Å²) >= 11 is 0. The van der Waals surface area contributed by atoms with Crippen molar-refractivity contribution in [2.24, 2.45) is 4.99 Å². The Balaban J connectivity index is 1.61. The van der Waals surface area contributed by atoms with Crippen LogP contribution < -0.4 is 10.0 Å². The first kappa shape index (κ1) is 21.8. The molecule has 1 aliphatic rings. The number of carbonyl (C=O) groups is 2. The summed E-state index contributed by atoms with van der Waals surface area (Å²) in [5.74, 6) is -2.81. The van der Waals surface area contributed by atoms with E-state index in [0.717, 1.165) is 18.2 Å². The normalized spacial score (nSPS) is 16.1. The molecule has 11 nitrogen and oxygen atoms in total. The Hall–Kier alpha value is -3.87. The van der Waals surface area contributed by atoms with Crippen LogP contribution in [0.3, 0.4) is 0 Å². The Kier molecular flexibility index (Phi) is 5.97. The number of nitro groups is 1. The van der Waals surface area contributed by atoms with E-state index in [9.17, 15) is 32.5 Å². The van der Waals surface area contributed by atoms with Crippen LogP contribution in [0.2, 0.25) is 0 Å². The molecule has 0 bridgehead atoms. The number of amidine groups is 1. The van der Waals surface area contributed by atoms with Gasteiger partial charge in [0.15, 0.2) is 6.61 Å². The lowest BCUT2D eigenvalue weighted by atomic mass is 10.2. The van der Waals surface area contributed by atoms with Crippen LogP contribution in [0.15, 0.2) is 52.4 Å². The van der Waals surface area contributed by atoms with E-state index >= 15 is 0 Å². The molecule has 13 heteroatoms. The van der Waals surface area contributed by atoms with Crippen molar-refractivity contribution in [1.29, 1.82) is 0 Å². The number of halogens is 1. The number of benzene rings is 2. The fourth-order valence-electron chi connectivity index (χ4n) is 2.66. The molecule has 0 radical (unpaired) electrons. The van der Waals surface area contributed by atoms with Crippen LogP contribution in [0, 0.1) is 15.9 Å². The molecular weight excluding hydrogens is 435 g/mol. The number of nitrogens with zero attached hydrogens (tertiary/aromatic N) is 2. The summed E-state index contributed by atoms with van der Waals surface area (Å²) in [4.78, 5) is 37.9. The number of esters is 1. The molecule has 1 atom stereocenters. The van der Waals surface area contributed by atoms with E-state index in [4.69, 9.17) is 4.74 Å². The molecule has 0 saturated carbocycles. The van der Waals surface area contributed by atoms with Crippen molar-refractivity contribution in [3.8, 4) is 0 Å². The Morgan fingerprint density at radius 2 is 2.00 bits per heavy atom. The third-order valence-corrected chi connectivity index (χ3v) is 5.50. The van der Waals surface area contributed by atoms with Crippen LogP contribution in [-0.2, 0) is 24.3 Å². The highest BCUT2D eigenvalue weighted by molar-refractivity contribution is 7.90. The maximum Gasteiger partial charge on any atom is 0.331 e. The number of ether oxygens (including phenoxy) is 1. The highest BCUT2D eigenvalue weighted by Crippen LogP contribution is 2.23. The van der Waals surface area contributed by atoms with Crippen molar-refractivity contribution in [3.05, 3.63) is 64.0 Å². The monoisotopic (exact) mass is 450 g/mol. The van der Waals surface area contributed by atoms with Crippen molar-refractivity contribution in [2.75, 3.05) is 11.9 Å². The van der Waals surface area contributed by atoms with Crippen LogP contribution in [0.25, 0.3) is 0 Å². The van der Waals surface area contributed by atoms with Gasteiger partial charge in [-0.2, -0.15) is 4.39 Å². The van der Waals surface area contributed by atoms with Crippen molar-refractivity contribution in [1.82, 2.24) is 4.72 Å². The van der Waals surface area contributed by atoms with Gasteiger partial charge in [0.2, 0.25) is 5.82 Å². The lowest BCUT2D eigenvalue weighted by molar-refractivity contribution is -0.387. The first-order chi connectivity index (χ1) is 14.6. The lowest BCUT2D eigenvalue weighted by Gasteiger charge is -2.10. The summed E-state index contributed by atoms with van der Waals surface area (Å²) in [5, 5.41) is 13.0. The molecule has 162 valence electrons. The first-order valence-corrected chi connectivity index (χ1v) is 10.2. The second-order valence-corrected chi connectivity index (χ2v) is 7.99. The van der Waals surface area contributed by atoms with Gasteiger partial charge in [-0.1, -0.05) is 12.1 Å². The van der Waals surface area contributed by atoms with E-state index in [1.807, 2.05) is 0 Å². The molecule has 1 heterocycles. The minimum Gasteiger partial charge on any atom is -0.454 e. The molecule has 0 unspecified atom stereocenters. The minimum absolute atomic E-state index is 0.0249. The van der Waals surface area contributed by atoms with E-state index < -0.39 is 51.0 Å². The molecule has 2 aromatic rings. The molecule has 3 rings (SSSR count). The number of aliphatic imine (C=N–C) groups is 1. The van der Waals surface area contributed by atoms with E-state index in [-0.39, 0.29) is 16.4 Å². The summed E-state index contributed by atoms with van der Waals surface area (Å²) in [5.41, 5.74) is -0.573. The summed E-state index contributed by atoms with van der Waals surface area (Å²) in [6.07, 6.45) is 0. The standard InChI is InChI=1S/C18H15FN4O7S/c1-10(20-17-12-4-2-3-5-15(12)31(28,29)22-17)18(25)30-9-16(24)21-11-6-7-13(19)14(8-11)23(26)27/h2-8,10H,9H2,1H3,(H,20,22)(H,21,24)/t10-/m0/s1. The van der Waals surface area contributed by atoms with E-state index in [0.29, 0.717) is 5.56 Å². The molecule has 0 spiro atoms. The molecule has 0 aliphatic carbocycles. The molecule has 0 aromatic heterocycles. The molecule has 1 amide bonds. The van der Waals surface area contributed by atoms with Gasteiger partial charge in [0.1, 0.15) is 11.9 Å². The van der Waals surface area contributed by atoms with Gasteiger partial charge in [0.25, 0.3) is 15.9 Å². The molecule has 0 fully saturated rings. The van der Waals surface area contributed by atoms with Gasteiger partial charge in [-0.25, -0.2) is 13.2 Å². The Morgan fingerprint density at radius 3 is 2.71 bits per heavy atom. The zero-order chi connectivity index (χ0) is 22.8. The summed E-state index contributed by atoms with van der Waals surface area (Å²) in [7, 11) is -3.77. The number of carbonyl (C=O) groups excluding carboxylic acids is 2. The fraction of sp³-hybridized carbons (Fsp3) is 0.167. The van der Waals surface area contributed by atoms with E-state index in [1.54, 1.807) is 12.1 Å². The average molecular weight is 450 g/mol. The van der Waals surface area contributed by atoms with Crippen LogP contribution in [0.4, 0.5) is 15.8 Å². The Labute approximate surface area is 175 Å². The van der Waals surface area contributed by atoms with Gasteiger partial charge in [-0.05, 0) is 31.2 Å². The number of amides is 1. The van der Waals surface area contributed by atoms with Crippen molar-refractivity contribution < 1.29 is 32.1 Å². The molecule has 31 heavy (non-hydrogen) atoms. The molecular formula is C18H15FN4O7S. The third kappa shape index (κ3) is 4.83. The molecule has 2 aromatic carbocycles. The smallest absolute Gasteiger partial charge is 0.331 e. The van der Waals surface area contributed by atoms with Crippen LogP contribution in [0.5, 0.6) is 0 Å². The van der Waals surface area contributed by atoms with Gasteiger partial charge in [0.05, 0.1) is 9.82 Å². The molecule has 1 aliphatic heterocycles. The molecule has 2 N–H and O–H groups in total. The van der Waals surface area contributed by atoms with Gasteiger partial charge >= 0.3 is 11.7 Å². The third-order valence-electron chi connectivity index (χ3n) is 4.10. The predicted molar refractivity (Wildman–Crippen MR) is 105 cm³/mol. The number of hydrogen-bond donors (Lipinski definition) is 2. The van der Waals surface area contributed by atoms with Crippen LogP contribution >= 0.6 is 0 Å². The lowest BCUT2D eigenvalue weighted by Crippen LogP contribution is -2.28. The zero-order valence-electron chi connectivity index (χ0n) is 15.9. The average Bonchev–Trinajstić information content (AvgIpc) is 2.97. The number of nitrogens with one attached hydrogen (secondary N) is 2. The Morgan fingerprint density at radius 1 is 1.29 bits per heavy atom. The van der Waals surface area contributed by atoms with Crippen molar-refractivity contribution >= 4 is 39.1 Å². The first-order valence-electron chi connectivity index (χ1n) is 8.69. The molecule has 0 saturated heterocycles. The topological polar surface area (TPSA) is 157 Å². The van der Waals surface area contributed by atoms with Crippen LogP contribution in [0.1, 0.15) is 12.5 Å². The zero-order valence-corrected chi connectivity index (χ0v) is 16.7. The fourth-order valence-corrected chi connectivity index (χ4v) is 3.90. The number of hydrogen-bond acceptors (Lipinski definition) is 8. The maximum absolute atomic E-state index is 13.3. The summed E-state index contributed by atoms with van der Waals surface area (Å²) in [6, 6.07) is 7.71. The quantitative estimate of drug-likeness (QED) is 0.382. The van der Waals surface area contributed by atoms with Crippen LogP contribution in [-0.4, -0.2) is 43.7 Å². The minimum atomic E-state index is -3.77. The van der Waals surface area contributed by atoms with Gasteiger partial charge in [-0.3, -0.25) is 24.6 Å². The Bertz CT molecular complexity index is 1210. The SMILES string of the molecule is C[C@H](N=C1NS(=O)(=O)c2ccccc21)C(=O)OCC(=O)Nc1ccc(F)c([N+](=O)[O-])c1. The van der Waals surface area contributed by atoms with Gasteiger partial charge in [0, 0.05) is 17.3 Å². The van der Waals surface area contributed by atoms with Gasteiger partial charge < -0.3 is 10.1 Å². The highest BCUT2D eigenvalue weighted by atomic mass is 32.2. The van der Waals surface area contributed by atoms with Gasteiger partial charge in [-0.15, -0.1) is 0 Å². The highest BCUT2D eigenvalue weighted by Gasteiger charge is 2.31. The predicted octanol–water partition coefficient (Wildman–Crippen LogP) is 1.34. The number of rotatable bonds is 6. The number of anilines is 1. The summed E-state index contributed by atoms with van der Waals surface area (Å²) < 4.78 is 44.6. The number of fused-ring (bicyclic) bond motifs is 1. The largest absolute Gasteiger partial charge is 0.454 e. The second kappa shape index (κ2) is 8.47. The van der Waals surface area contributed by atoms with E-state index in [1.165, 1.54) is 19.1 Å². The van der Waals surface area contributed by atoms with E-state index in [2.05, 4.69) is 15.0 Å². The number of nitro benzene ring substituents is 1. The summed E-state index contributed by atoms with van der Waals surface area (Å²) in [6.45, 7) is 0.618.